The number of amides is 2. The predicted octanol–water partition coefficient (Wildman–Crippen LogP) is 2.01. The van der Waals surface area contributed by atoms with Crippen molar-refractivity contribution in [1.82, 2.24) is 9.80 Å². The van der Waals surface area contributed by atoms with Crippen LogP contribution in [0.3, 0.4) is 0 Å². The van der Waals surface area contributed by atoms with Crippen LogP contribution in [-0.2, 0) is 9.59 Å². The molecule has 1 aliphatic rings. The molecule has 148 valence electrons. The summed E-state index contributed by atoms with van der Waals surface area (Å²) in [5.41, 5.74) is 0.860. The van der Waals surface area contributed by atoms with Crippen LogP contribution in [0, 0.1) is 5.82 Å². The third-order valence-corrected chi connectivity index (χ3v) is 4.78. The number of rotatable bonds is 6. The molecule has 0 saturated carbocycles. The van der Waals surface area contributed by atoms with Crippen LogP contribution in [0.5, 0.6) is 5.75 Å². The summed E-state index contributed by atoms with van der Waals surface area (Å²) >= 11 is 0. The first kappa shape index (κ1) is 19.8. The van der Waals surface area contributed by atoms with Gasteiger partial charge in [-0.15, -0.1) is 0 Å². The zero-order chi connectivity index (χ0) is 19.9. The van der Waals surface area contributed by atoms with E-state index in [9.17, 15) is 14.0 Å². The maximum absolute atomic E-state index is 12.9. The van der Waals surface area contributed by atoms with Crippen molar-refractivity contribution in [2.45, 2.75) is 0 Å². The second-order valence-corrected chi connectivity index (χ2v) is 6.69. The number of piperazine rings is 1. The van der Waals surface area contributed by atoms with E-state index >= 15 is 0 Å². The number of para-hydroxylation sites is 1. The molecule has 1 fully saturated rings. The molecule has 6 nitrogen and oxygen atoms in total. The summed E-state index contributed by atoms with van der Waals surface area (Å²) in [6, 6.07) is 15.1. The van der Waals surface area contributed by atoms with Crippen molar-refractivity contribution in [2.75, 3.05) is 51.3 Å². The highest BCUT2D eigenvalue weighted by Crippen LogP contribution is 2.13. The van der Waals surface area contributed by atoms with E-state index in [1.54, 1.807) is 16.8 Å². The molecule has 0 bridgehead atoms. The predicted molar refractivity (Wildman–Crippen MR) is 105 cm³/mol. The van der Waals surface area contributed by atoms with Crippen molar-refractivity contribution in [3.8, 4) is 5.75 Å². The summed E-state index contributed by atoms with van der Waals surface area (Å²) in [5.74, 6) is 0.0208. The van der Waals surface area contributed by atoms with Crippen molar-refractivity contribution in [2.24, 2.45) is 0 Å². The highest BCUT2D eigenvalue weighted by Gasteiger charge is 2.24. The summed E-state index contributed by atoms with van der Waals surface area (Å²) in [6.45, 7) is 2.61. The lowest BCUT2D eigenvalue weighted by Gasteiger charge is -2.35. The zero-order valence-corrected chi connectivity index (χ0v) is 15.9. The van der Waals surface area contributed by atoms with Crippen LogP contribution in [-0.4, -0.2) is 68.0 Å². The fourth-order valence-electron chi connectivity index (χ4n) is 3.02. The maximum Gasteiger partial charge on any atom is 0.260 e. The third kappa shape index (κ3) is 5.29. The lowest BCUT2D eigenvalue weighted by molar-refractivity contribution is -0.135. The van der Waals surface area contributed by atoms with Crippen LogP contribution in [0.25, 0.3) is 0 Å². The minimum atomic E-state index is -0.345. The summed E-state index contributed by atoms with van der Waals surface area (Å²) in [7, 11) is 1.77. The van der Waals surface area contributed by atoms with Gasteiger partial charge in [0.2, 0.25) is 5.91 Å². The van der Waals surface area contributed by atoms with E-state index in [1.165, 1.54) is 24.3 Å². The number of carbonyl (C=O) groups excluding carboxylic acids is 2. The van der Waals surface area contributed by atoms with Crippen molar-refractivity contribution in [3.63, 3.8) is 0 Å². The molecule has 0 atom stereocenters. The second-order valence-electron chi connectivity index (χ2n) is 6.69. The van der Waals surface area contributed by atoms with Gasteiger partial charge in [-0.25, -0.2) is 4.39 Å². The van der Waals surface area contributed by atoms with Crippen LogP contribution >= 0.6 is 0 Å². The maximum atomic E-state index is 12.9. The van der Waals surface area contributed by atoms with Gasteiger partial charge in [0.15, 0.2) is 6.61 Å². The summed E-state index contributed by atoms with van der Waals surface area (Å²) in [4.78, 5) is 30.2. The number of halogens is 1. The minimum absolute atomic E-state index is 0.0191. The van der Waals surface area contributed by atoms with Gasteiger partial charge in [0.05, 0.1) is 6.54 Å². The van der Waals surface area contributed by atoms with E-state index in [4.69, 9.17) is 4.74 Å². The number of nitrogens with zero attached hydrogens (tertiary/aromatic N) is 3. The first-order chi connectivity index (χ1) is 13.5. The fourth-order valence-corrected chi connectivity index (χ4v) is 3.02. The Kier molecular flexibility index (Phi) is 6.60. The first-order valence-electron chi connectivity index (χ1n) is 9.23. The van der Waals surface area contributed by atoms with E-state index in [0.717, 1.165) is 5.69 Å². The third-order valence-electron chi connectivity index (χ3n) is 4.78. The van der Waals surface area contributed by atoms with Gasteiger partial charge in [-0.2, -0.15) is 0 Å². The molecule has 2 aromatic rings. The largest absolute Gasteiger partial charge is 0.484 e. The molecule has 0 radical (unpaired) electrons. The van der Waals surface area contributed by atoms with E-state index in [0.29, 0.717) is 38.5 Å². The van der Waals surface area contributed by atoms with Crippen LogP contribution in [0.15, 0.2) is 54.6 Å². The minimum Gasteiger partial charge on any atom is -0.484 e. The Morgan fingerprint density at radius 2 is 1.64 bits per heavy atom. The SMILES string of the molecule is CN(C(=O)CN1CCN(C(=O)COc2ccc(F)cc2)CC1)c1ccccc1. The molecule has 7 heteroatoms. The average Bonchev–Trinajstić information content (AvgIpc) is 2.73. The molecule has 0 aliphatic carbocycles. The van der Waals surface area contributed by atoms with Gasteiger partial charge < -0.3 is 14.5 Å². The molecule has 1 heterocycles. The van der Waals surface area contributed by atoms with Crippen LogP contribution < -0.4 is 9.64 Å². The Bertz CT molecular complexity index is 790. The van der Waals surface area contributed by atoms with Gasteiger partial charge in [-0.05, 0) is 36.4 Å². The van der Waals surface area contributed by atoms with Crippen molar-refractivity contribution in [3.05, 3.63) is 60.4 Å². The highest BCUT2D eigenvalue weighted by molar-refractivity contribution is 5.94. The van der Waals surface area contributed by atoms with Gasteiger partial charge in [0.1, 0.15) is 11.6 Å². The molecule has 2 aromatic carbocycles. The zero-order valence-electron chi connectivity index (χ0n) is 15.9. The Labute approximate surface area is 164 Å². The van der Waals surface area contributed by atoms with Crippen LogP contribution in [0.2, 0.25) is 0 Å². The number of hydrogen-bond donors (Lipinski definition) is 0. The van der Waals surface area contributed by atoms with Gasteiger partial charge in [-0.1, -0.05) is 18.2 Å². The van der Waals surface area contributed by atoms with Gasteiger partial charge in [0, 0.05) is 38.9 Å². The van der Waals surface area contributed by atoms with Crippen molar-refractivity contribution < 1.29 is 18.7 Å². The average molecular weight is 385 g/mol. The normalized spacial score (nSPS) is 14.6. The molecule has 0 aromatic heterocycles. The number of benzene rings is 2. The van der Waals surface area contributed by atoms with Crippen LogP contribution in [0.4, 0.5) is 10.1 Å². The Morgan fingerprint density at radius 3 is 2.29 bits per heavy atom. The number of carbonyl (C=O) groups is 2. The van der Waals surface area contributed by atoms with Crippen LogP contribution in [0.1, 0.15) is 0 Å². The molecule has 1 saturated heterocycles. The second kappa shape index (κ2) is 9.32. The topological polar surface area (TPSA) is 53.1 Å². The Morgan fingerprint density at radius 1 is 1.00 bits per heavy atom. The fraction of sp³-hybridized carbons (Fsp3) is 0.333. The number of ether oxygens (including phenoxy) is 1. The molecule has 0 N–H and O–H groups in total. The van der Waals surface area contributed by atoms with Gasteiger partial charge in [0.25, 0.3) is 5.91 Å². The van der Waals surface area contributed by atoms with Crippen molar-refractivity contribution in [1.29, 1.82) is 0 Å². The molecule has 2 amide bonds. The molecule has 1 aliphatic heterocycles. The first-order valence-corrected chi connectivity index (χ1v) is 9.23. The molecular weight excluding hydrogens is 361 g/mol. The number of likely N-dealkylation sites (N-methyl/N-ethyl adjacent to an activating group) is 1. The molecule has 0 spiro atoms. The Hall–Kier alpha value is -2.93. The lowest BCUT2D eigenvalue weighted by atomic mass is 10.2. The monoisotopic (exact) mass is 385 g/mol. The van der Waals surface area contributed by atoms with Gasteiger partial charge in [-0.3, -0.25) is 14.5 Å². The molecular formula is C21H24FN3O3. The van der Waals surface area contributed by atoms with Crippen molar-refractivity contribution >= 4 is 17.5 Å². The molecule has 28 heavy (non-hydrogen) atoms. The van der Waals surface area contributed by atoms with E-state index in [2.05, 4.69) is 0 Å². The smallest absolute Gasteiger partial charge is 0.260 e. The lowest BCUT2D eigenvalue weighted by Crippen LogP contribution is -2.52. The number of anilines is 1. The van der Waals surface area contributed by atoms with Gasteiger partial charge >= 0.3 is 0 Å². The van der Waals surface area contributed by atoms with E-state index in [1.807, 2.05) is 35.2 Å². The molecule has 3 rings (SSSR count). The summed E-state index contributed by atoms with van der Waals surface area (Å²) in [6.07, 6.45) is 0. The van der Waals surface area contributed by atoms with E-state index in [-0.39, 0.29) is 24.2 Å². The summed E-state index contributed by atoms with van der Waals surface area (Å²) < 4.78 is 18.3. The quantitative estimate of drug-likeness (QED) is 0.763. The Balaban J connectivity index is 1.41. The highest BCUT2D eigenvalue weighted by atomic mass is 19.1. The standard InChI is InChI=1S/C21H24FN3O3/c1-23(18-5-3-2-4-6-18)20(26)15-24-11-13-25(14-12-24)21(27)16-28-19-9-7-17(22)8-10-19/h2-10H,11-16H2,1H3. The summed E-state index contributed by atoms with van der Waals surface area (Å²) in [5, 5.41) is 0. The van der Waals surface area contributed by atoms with E-state index < -0.39 is 0 Å². The number of hydrogen-bond acceptors (Lipinski definition) is 4. The molecule has 0 unspecified atom stereocenters.